The molecule has 0 spiro atoms. The molecule has 0 bridgehead atoms. The minimum Gasteiger partial charge on any atom is -0.481 e. The molecule has 0 radical (unpaired) electrons. The van der Waals surface area contributed by atoms with Crippen molar-refractivity contribution in [2.24, 2.45) is 5.92 Å². The Labute approximate surface area is 119 Å². The molecule has 1 N–H and O–H groups in total. The Morgan fingerprint density at radius 1 is 1.40 bits per heavy atom. The van der Waals surface area contributed by atoms with Gasteiger partial charge in [0.2, 0.25) is 5.91 Å². The highest BCUT2D eigenvalue weighted by molar-refractivity contribution is 5.82. The van der Waals surface area contributed by atoms with Crippen molar-refractivity contribution < 1.29 is 14.7 Å². The lowest BCUT2D eigenvalue weighted by Gasteiger charge is -2.40. The van der Waals surface area contributed by atoms with E-state index in [1.165, 1.54) is 0 Å². The number of carboxylic acids is 1. The molecule has 1 aliphatic rings. The SMILES string of the molecule is CCCN1C(=O)CCC(C(=O)O)C1c1ccccc1C. The number of hydrogen-bond acceptors (Lipinski definition) is 2. The first-order chi connectivity index (χ1) is 9.56. The lowest BCUT2D eigenvalue weighted by molar-refractivity contribution is -0.152. The Balaban J connectivity index is 2.46. The fourth-order valence-electron chi connectivity index (χ4n) is 3.02. The van der Waals surface area contributed by atoms with Crippen molar-refractivity contribution in [3.8, 4) is 0 Å². The van der Waals surface area contributed by atoms with Gasteiger partial charge in [-0.2, -0.15) is 0 Å². The number of carboxylic acid groups (broad SMARTS) is 1. The highest BCUT2D eigenvalue weighted by atomic mass is 16.4. The minimum absolute atomic E-state index is 0.0672. The zero-order chi connectivity index (χ0) is 14.7. The molecule has 1 fully saturated rings. The molecule has 4 heteroatoms. The first-order valence-corrected chi connectivity index (χ1v) is 7.14. The van der Waals surface area contributed by atoms with Crippen LogP contribution in [0.15, 0.2) is 24.3 Å². The molecule has 0 aliphatic carbocycles. The summed E-state index contributed by atoms with van der Waals surface area (Å²) in [7, 11) is 0. The Kier molecular flexibility index (Phi) is 4.42. The molecule has 1 aromatic rings. The number of carbonyl (C=O) groups excluding carboxylic acids is 1. The van der Waals surface area contributed by atoms with Gasteiger partial charge >= 0.3 is 5.97 Å². The van der Waals surface area contributed by atoms with Gasteiger partial charge < -0.3 is 10.0 Å². The standard InChI is InChI=1S/C16H21NO3/c1-3-10-17-14(18)9-8-13(16(19)20)15(17)12-7-5-4-6-11(12)2/h4-7,13,15H,3,8-10H2,1-2H3,(H,19,20). The van der Waals surface area contributed by atoms with E-state index in [0.29, 0.717) is 19.4 Å². The number of piperidine rings is 1. The molecule has 1 heterocycles. The second-order valence-electron chi connectivity index (χ2n) is 5.37. The van der Waals surface area contributed by atoms with E-state index in [4.69, 9.17) is 0 Å². The summed E-state index contributed by atoms with van der Waals surface area (Å²) in [5, 5.41) is 9.50. The van der Waals surface area contributed by atoms with Crippen molar-refractivity contribution in [3.63, 3.8) is 0 Å². The molecule has 1 aromatic carbocycles. The Morgan fingerprint density at radius 3 is 2.70 bits per heavy atom. The van der Waals surface area contributed by atoms with Crippen molar-refractivity contribution in [2.75, 3.05) is 6.54 Å². The van der Waals surface area contributed by atoms with E-state index in [2.05, 4.69) is 0 Å². The third kappa shape index (κ3) is 2.69. The summed E-state index contributed by atoms with van der Waals surface area (Å²) in [5.41, 5.74) is 2.00. The first-order valence-electron chi connectivity index (χ1n) is 7.14. The topological polar surface area (TPSA) is 57.6 Å². The van der Waals surface area contributed by atoms with Crippen LogP contribution in [0.3, 0.4) is 0 Å². The molecule has 2 rings (SSSR count). The molecule has 4 nitrogen and oxygen atoms in total. The summed E-state index contributed by atoms with van der Waals surface area (Å²) in [4.78, 5) is 25.5. The van der Waals surface area contributed by atoms with E-state index in [9.17, 15) is 14.7 Å². The van der Waals surface area contributed by atoms with Crippen LogP contribution in [0.5, 0.6) is 0 Å². The van der Waals surface area contributed by atoms with Crippen molar-refractivity contribution in [1.82, 2.24) is 4.90 Å². The van der Waals surface area contributed by atoms with E-state index in [0.717, 1.165) is 17.5 Å². The Morgan fingerprint density at radius 2 is 2.10 bits per heavy atom. The fourth-order valence-corrected chi connectivity index (χ4v) is 3.02. The van der Waals surface area contributed by atoms with E-state index < -0.39 is 11.9 Å². The van der Waals surface area contributed by atoms with Crippen LogP contribution in [0.25, 0.3) is 0 Å². The van der Waals surface area contributed by atoms with Gasteiger partial charge in [0, 0.05) is 13.0 Å². The van der Waals surface area contributed by atoms with Crippen LogP contribution in [0.2, 0.25) is 0 Å². The number of rotatable bonds is 4. The normalized spacial score (nSPS) is 22.9. The summed E-state index contributed by atoms with van der Waals surface area (Å²) >= 11 is 0. The van der Waals surface area contributed by atoms with Crippen LogP contribution in [0.4, 0.5) is 0 Å². The lowest BCUT2D eigenvalue weighted by Crippen LogP contribution is -2.45. The molecule has 0 saturated carbocycles. The van der Waals surface area contributed by atoms with Gasteiger partial charge in [0.1, 0.15) is 0 Å². The molecule has 2 atom stereocenters. The lowest BCUT2D eigenvalue weighted by atomic mass is 9.82. The van der Waals surface area contributed by atoms with Crippen LogP contribution >= 0.6 is 0 Å². The maximum atomic E-state index is 12.2. The van der Waals surface area contributed by atoms with E-state index >= 15 is 0 Å². The smallest absolute Gasteiger partial charge is 0.308 e. The molecule has 2 unspecified atom stereocenters. The summed E-state index contributed by atoms with van der Waals surface area (Å²) in [6.45, 7) is 4.59. The van der Waals surface area contributed by atoms with Gasteiger partial charge in [-0.05, 0) is 30.9 Å². The molecular weight excluding hydrogens is 254 g/mol. The van der Waals surface area contributed by atoms with Gasteiger partial charge in [-0.1, -0.05) is 31.2 Å². The van der Waals surface area contributed by atoms with Gasteiger partial charge in [-0.3, -0.25) is 9.59 Å². The summed E-state index contributed by atoms with van der Waals surface area (Å²) in [5.74, 6) is -1.26. The summed E-state index contributed by atoms with van der Waals surface area (Å²) in [6, 6.07) is 7.41. The molecule has 0 aromatic heterocycles. The van der Waals surface area contributed by atoms with Crippen LogP contribution in [0, 0.1) is 12.8 Å². The maximum Gasteiger partial charge on any atom is 0.308 e. The van der Waals surface area contributed by atoms with Gasteiger partial charge in [0.05, 0.1) is 12.0 Å². The van der Waals surface area contributed by atoms with Gasteiger partial charge in [0.15, 0.2) is 0 Å². The number of aryl methyl sites for hydroxylation is 1. The molecule has 20 heavy (non-hydrogen) atoms. The van der Waals surface area contributed by atoms with Crippen molar-refractivity contribution >= 4 is 11.9 Å². The largest absolute Gasteiger partial charge is 0.481 e. The zero-order valence-corrected chi connectivity index (χ0v) is 12.0. The average molecular weight is 275 g/mol. The minimum atomic E-state index is -0.813. The molecule has 1 aliphatic heterocycles. The number of hydrogen-bond donors (Lipinski definition) is 1. The third-order valence-corrected chi connectivity index (χ3v) is 4.00. The predicted octanol–water partition coefficient (Wildman–Crippen LogP) is 2.77. The second kappa shape index (κ2) is 6.07. The van der Waals surface area contributed by atoms with Crippen LogP contribution < -0.4 is 0 Å². The second-order valence-corrected chi connectivity index (χ2v) is 5.37. The third-order valence-electron chi connectivity index (χ3n) is 4.00. The van der Waals surface area contributed by atoms with Gasteiger partial charge in [-0.25, -0.2) is 0 Å². The van der Waals surface area contributed by atoms with Crippen molar-refractivity contribution in [1.29, 1.82) is 0 Å². The van der Waals surface area contributed by atoms with Crippen molar-refractivity contribution in [2.45, 2.75) is 39.2 Å². The maximum absolute atomic E-state index is 12.2. The van der Waals surface area contributed by atoms with Crippen LogP contribution in [-0.2, 0) is 9.59 Å². The highest BCUT2D eigenvalue weighted by Gasteiger charge is 2.40. The highest BCUT2D eigenvalue weighted by Crippen LogP contribution is 2.38. The molecular formula is C16H21NO3. The Bertz CT molecular complexity index is 512. The number of nitrogens with zero attached hydrogens (tertiary/aromatic N) is 1. The quantitative estimate of drug-likeness (QED) is 0.919. The number of likely N-dealkylation sites (tertiary alicyclic amines) is 1. The van der Waals surface area contributed by atoms with E-state index in [-0.39, 0.29) is 11.9 Å². The first kappa shape index (κ1) is 14.6. The Hall–Kier alpha value is -1.84. The summed E-state index contributed by atoms with van der Waals surface area (Å²) in [6.07, 6.45) is 1.59. The molecule has 1 amide bonds. The van der Waals surface area contributed by atoms with E-state index in [1.54, 1.807) is 4.90 Å². The van der Waals surface area contributed by atoms with Gasteiger partial charge in [0.25, 0.3) is 0 Å². The van der Waals surface area contributed by atoms with Crippen LogP contribution in [0.1, 0.15) is 43.4 Å². The number of benzene rings is 1. The van der Waals surface area contributed by atoms with Gasteiger partial charge in [-0.15, -0.1) is 0 Å². The van der Waals surface area contributed by atoms with E-state index in [1.807, 2.05) is 38.1 Å². The molecule has 108 valence electrons. The summed E-state index contributed by atoms with van der Waals surface area (Å²) < 4.78 is 0. The monoisotopic (exact) mass is 275 g/mol. The van der Waals surface area contributed by atoms with Crippen LogP contribution in [-0.4, -0.2) is 28.4 Å². The zero-order valence-electron chi connectivity index (χ0n) is 12.0. The number of aliphatic carboxylic acids is 1. The fraction of sp³-hybridized carbons (Fsp3) is 0.500. The predicted molar refractivity (Wildman–Crippen MR) is 76.3 cm³/mol. The number of amides is 1. The molecule has 1 saturated heterocycles. The van der Waals surface area contributed by atoms with Crippen molar-refractivity contribution in [3.05, 3.63) is 35.4 Å². The number of carbonyl (C=O) groups is 2. The average Bonchev–Trinajstić information content (AvgIpc) is 2.41.